The van der Waals surface area contributed by atoms with Gasteiger partial charge in [0.2, 0.25) is 0 Å². The van der Waals surface area contributed by atoms with Gasteiger partial charge in [-0.2, -0.15) is 11.8 Å². The molecule has 1 aliphatic heterocycles. The monoisotopic (exact) mass is 216 g/mol. The Morgan fingerprint density at radius 2 is 2.14 bits per heavy atom. The highest BCUT2D eigenvalue weighted by Gasteiger charge is 2.15. The molecule has 0 unspecified atom stereocenters. The summed E-state index contributed by atoms with van der Waals surface area (Å²) in [6.45, 7) is 3.60. The second kappa shape index (κ2) is 6.17. The van der Waals surface area contributed by atoms with Gasteiger partial charge in [-0.1, -0.05) is 0 Å². The van der Waals surface area contributed by atoms with Gasteiger partial charge in [0.15, 0.2) is 0 Å². The highest BCUT2D eigenvalue weighted by atomic mass is 32.2. The molecule has 14 heavy (non-hydrogen) atoms. The maximum atomic E-state index is 11.4. The van der Waals surface area contributed by atoms with Gasteiger partial charge >= 0.3 is 6.03 Å². The molecular formula is C10H20N2OS. The molecule has 1 N–H and O–H groups in total. The molecule has 0 bridgehead atoms. The van der Waals surface area contributed by atoms with E-state index in [0.717, 1.165) is 13.1 Å². The van der Waals surface area contributed by atoms with Gasteiger partial charge in [-0.05, 0) is 37.2 Å². The summed E-state index contributed by atoms with van der Waals surface area (Å²) in [5.74, 6) is 3.21. The number of urea groups is 1. The van der Waals surface area contributed by atoms with Crippen LogP contribution in [-0.2, 0) is 0 Å². The first-order valence-electron chi connectivity index (χ1n) is 5.30. The molecule has 4 heteroatoms. The second-order valence-electron chi connectivity index (χ2n) is 3.76. The predicted molar refractivity (Wildman–Crippen MR) is 61.8 cm³/mol. The van der Waals surface area contributed by atoms with E-state index in [1.54, 1.807) is 4.90 Å². The Kier molecular flexibility index (Phi) is 5.15. The number of nitrogens with zero attached hydrogens (tertiary/aromatic N) is 1. The summed E-state index contributed by atoms with van der Waals surface area (Å²) in [7, 11) is 1.83. The van der Waals surface area contributed by atoms with Gasteiger partial charge in [-0.25, -0.2) is 4.79 Å². The lowest BCUT2D eigenvalue weighted by Crippen LogP contribution is -2.40. The van der Waals surface area contributed by atoms with Crippen LogP contribution in [0.1, 0.15) is 19.8 Å². The van der Waals surface area contributed by atoms with Crippen molar-refractivity contribution in [3.63, 3.8) is 0 Å². The molecule has 1 saturated heterocycles. The number of carbonyl (C=O) groups is 1. The van der Waals surface area contributed by atoms with Crippen molar-refractivity contribution in [3.8, 4) is 0 Å². The van der Waals surface area contributed by atoms with Crippen molar-refractivity contribution >= 4 is 17.8 Å². The lowest BCUT2D eigenvalue weighted by atomic mass is 10.0. The summed E-state index contributed by atoms with van der Waals surface area (Å²) in [4.78, 5) is 13.1. The molecule has 1 fully saturated rings. The van der Waals surface area contributed by atoms with Gasteiger partial charge in [0.25, 0.3) is 0 Å². The third kappa shape index (κ3) is 3.78. The third-order valence-electron chi connectivity index (χ3n) is 2.70. The molecule has 0 atom stereocenters. The lowest BCUT2D eigenvalue weighted by Gasteiger charge is -2.23. The number of hydrogen-bond acceptors (Lipinski definition) is 2. The van der Waals surface area contributed by atoms with Crippen molar-refractivity contribution in [2.24, 2.45) is 5.92 Å². The van der Waals surface area contributed by atoms with Crippen molar-refractivity contribution in [2.45, 2.75) is 19.8 Å². The minimum absolute atomic E-state index is 0.0609. The van der Waals surface area contributed by atoms with Crippen molar-refractivity contribution in [1.82, 2.24) is 10.2 Å². The molecule has 2 amide bonds. The van der Waals surface area contributed by atoms with Crippen LogP contribution in [0.3, 0.4) is 0 Å². The van der Waals surface area contributed by atoms with Gasteiger partial charge in [0.05, 0.1) is 0 Å². The van der Waals surface area contributed by atoms with Crippen molar-refractivity contribution in [1.29, 1.82) is 0 Å². The first-order valence-corrected chi connectivity index (χ1v) is 6.46. The fraction of sp³-hybridized carbons (Fsp3) is 0.900. The SMILES string of the molecule is CCN(C)C(=O)NCC1CCSCC1. The van der Waals surface area contributed by atoms with Gasteiger partial charge in [0.1, 0.15) is 0 Å². The number of hydrogen-bond donors (Lipinski definition) is 1. The quantitative estimate of drug-likeness (QED) is 0.780. The Bertz CT molecular complexity index is 181. The zero-order valence-corrected chi connectivity index (χ0v) is 9.90. The van der Waals surface area contributed by atoms with Crippen LogP contribution in [0.25, 0.3) is 0 Å². The Balaban J connectivity index is 2.15. The van der Waals surface area contributed by atoms with Crippen LogP contribution in [-0.4, -0.2) is 42.6 Å². The minimum Gasteiger partial charge on any atom is -0.338 e. The molecule has 82 valence electrons. The predicted octanol–water partition coefficient (Wildman–Crippen LogP) is 1.79. The number of carbonyl (C=O) groups excluding carboxylic acids is 1. The second-order valence-corrected chi connectivity index (χ2v) is 4.98. The van der Waals surface area contributed by atoms with Crippen LogP contribution >= 0.6 is 11.8 Å². The summed E-state index contributed by atoms with van der Waals surface area (Å²) < 4.78 is 0. The summed E-state index contributed by atoms with van der Waals surface area (Å²) in [6, 6.07) is 0.0609. The highest BCUT2D eigenvalue weighted by molar-refractivity contribution is 7.99. The minimum atomic E-state index is 0.0609. The van der Waals surface area contributed by atoms with E-state index < -0.39 is 0 Å². The molecule has 0 aliphatic carbocycles. The summed E-state index contributed by atoms with van der Waals surface area (Å²) in [6.07, 6.45) is 2.50. The number of rotatable bonds is 3. The Morgan fingerprint density at radius 1 is 1.50 bits per heavy atom. The first-order chi connectivity index (χ1) is 6.74. The van der Waals surface area contributed by atoms with Gasteiger partial charge in [-0.3, -0.25) is 0 Å². The van der Waals surface area contributed by atoms with E-state index in [4.69, 9.17) is 0 Å². The average Bonchev–Trinajstić information content (AvgIpc) is 2.26. The number of amides is 2. The Morgan fingerprint density at radius 3 is 2.71 bits per heavy atom. The molecule has 0 aromatic rings. The lowest BCUT2D eigenvalue weighted by molar-refractivity contribution is 0.208. The van der Waals surface area contributed by atoms with Gasteiger partial charge in [0, 0.05) is 20.1 Å². The summed E-state index contributed by atoms with van der Waals surface area (Å²) in [5, 5.41) is 2.98. The van der Waals surface area contributed by atoms with Crippen LogP contribution in [0.2, 0.25) is 0 Å². The van der Waals surface area contributed by atoms with E-state index in [9.17, 15) is 4.79 Å². The van der Waals surface area contributed by atoms with E-state index in [1.807, 2.05) is 25.7 Å². The fourth-order valence-electron chi connectivity index (χ4n) is 1.46. The largest absolute Gasteiger partial charge is 0.338 e. The third-order valence-corrected chi connectivity index (χ3v) is 3.75. The van der Waals surface area contributed by atoms with Crippen molar-refractivity contribution in [2.75, 3.05) is 31.6 Å². The van der Waals surface area contributed by atoms with Gasteiger partial charge in [-0.15, -0.1) is 0 Å². The Hall–Kier alpha value is -0.380. The van der Waals surface area contributed by atoms with Crippen LogP contribution in [0.4, 0.5) is 4.79 Å². The van der Waals surface area contributed by atoms with Crippen molar-refractivity contribution < 1.29 is 4.79 Å². The molecule has 1 rings (SSSR count). The smallest absolute Gasteiger partial charge is 0.317 e. The molecule has 0 aromatic carbocycles. The van der Waals surface area contributed by atoms with E-state index in [-0.39, 0.29) is 6.03 Å². The van der Waals surface area contributed by atoms with Crippen LogP contribution in [0, 0.1) is 5.92 Å². The first kappa shape index (κ1) is 11.7. The normalized spacial score (nSPS) is 17.9. The van der Waals surface area contributed by atoms with Crippen molar-refractivity contribution in [3.05, 3.63) is 0 Å². The molecule has 3 nitrogen and oxygen atoms in total. The summed E-state index contributed by atoms with van der Waals surface area (Å²) in [5.41, 5.74) is 0. The number of nitrogens with one attached hydrogen (secondary N) is 1. The topological polar surface area (TPSA) is 32.3 Å². The maximum Gasteiger partial charge on any atom is 0.317 e. The van der Waals surface area contributed by atoms with E-state index in [0.29, 0.717) is 5.92 Å². The average molecular weight is 216 g/mol. The fourth-order valence-corrected chi connectivity index (χ4v) is 2.66. The van der Waals surface area contributed by atoms with E-state index in [1.165, 1.54) is 24.3 Å². The van der Waals surface area contributed by atoms with Crippen LogP contribution in [0.5, 0.6) is 0 Å². The standard InChI is InChI=1S/C10H20N2OS/c1-3-12(2)10(13)11-8-9-4-6-14-7-5-9/h9H,3-8H2,1-2H3,(H,11,13). The molecule has 0 spiro atoms. The molecule has 0 aromatic heterocycles. The number of thioether (sulfide) groups is 1. The summed E-state index contributed by atoms with van der Waals surface area (Å²) >= 11 is 2.02. The molecule has 0 saturated carbocycles. The Labute approximate surface area is 90.6 Å². The zero-order chi connectivity index (χ0) is 10.4. The molecule has 1 aliphatic rings. The molecular weight excluding hydrogens is 196 g/mol. The van der Waals surface area contributed by atoms with E-state index >= 15 is 0 Å². The van der Waals surface area contributed by atoms with E-state index in [2.05, 4.69) is 5.32 Å². The van der Waals surface area contributed by atoms with Crippen LogP contribution < -0.4 is 5.32 Å². The maximum absolute atomic E-state index is 11.4. The highest BCUT2D eigenvalue weighted by Crippen LogP contribution is 2.21. The van der Waals surface area contributed by atoms with Crippen LogP contribution in [0.15, 0.2) is 0 Å². The molecule has 1 heterocycles. The zero-order valence-electron chi connectivity index (χ0n) is 9.08. The molecule has 0 radical (unpaired) electrons. The van der Waals surface area contributed by atoms with Gasteiger partial charge < -0.3 is 10.2 Å².